The number of benzene rings is 1. The first-order valence-corrected chi connectivity index (χ1v) is 5.51. The van der Waals surface area contributed by atoms with E-state index in [-0.39, 0.29) is 16.9 Å². The first kappa shape index (κ1) is 13.2. The quantitative estimate of drug-likeness (QED) is 0.670. The first-order chi connectivity index (χ1) is 9.52. The highest BCUT2D eigenvalue weighted by atomic mass is 16.6. The molecule has 100 valence electrons. The standard InChI is InChI=1S/C12H9N5O3/c1-16-11(4-5-14-16)12(18)15-10-3-2-9(17(19)20)6-8(10)7-13/h2-6H,1H3,(H,15,18). The van der Waals surface area contributed by atoms with Gasteiger partial charge in [-0.3, -0.25) is 19.6 Å². The van der Waals surface area contributed by atoms with Crippen LogP contribution in [0, 0.1) is 21.4 Å². The highest BCUT2D eigenvalue weighted by molar-refractivity contribution is 6.03. The van der Waals surface area contributed by atoms with Crippen molar-refractivity contribution in [1.82, 2.24) is 9.78 Å². The maximum absolute atomic E-state index is 12.0. The Bertz CT molecular complexity index is 729. The molecule has 0 aliphatic rings. The number of rotatable bonds is 3. The molecule has 0 aliphatic carbocycles. The maximum Gasteiger partial charge on any atom is 0.273 e. The molecule has 1 N–H and O–H groups in total. The Kier molecular flexibility index (Phi) is 3.43. The summed E-state index contributed by atoms with van der Waals surface area (Å²) >= 11 is 0. The van der Waals surface area contributed by atoms with E-state index in [9.17, 15) is 14.9 Å². The molecule has 0 radical (unpaired) electrons. The van der Waals surface area contributed by atoms with Crippen LogP contribution in [-0.2, 0) is 7.05 Å². The van der Waals surface area contributed by atoms with Crippen molar-refractivity contribution in [2.45, 2.75) is 0 Å². The summed E-state index contributed by atoms with van der Waals surface area (Å²) in [5.74, 6) is -0.449. The molecule has 0 saturated heterocycles. The lowest BCUT2D eigenvalue weighted by atomic mass is 10.1. The van der Waals surface area contributed by atoms with Crippen molar-refractivity contribution < 1.29 is 9.72 Å². The van der Waals surface area contributed by atoms with Crippen LogP contribution in [0.5, 0.6) is 0 Å². The number of carbonyl (C=O) groups excluding carboxylic acids is 1. The van der Waals surface area contributed by atoms with Crippen LogP contribution in [0.2, 0.25) is 0 Å². The lowest BCUT2D eigenvalue weighted by molar-refractivity contribution is -0.384. The van der Waals surface area contributed by atoms with Crippen LogP contribution in [0.15, 0.2) is 30.5 Å². The van der Waals surface area contributed by atoms with Crippen LogP contribution >= 0.6 is 0 Å². The summed E-state index contributed by atoms with van der Waals surface area (Å²) < 4.78 is 1.38. The van der Waals surface area contributed by atoms with Gasteiger partial charge in [0.15, 0.2) is 0 Å². The summed E-state index contributed by atoms with van der Waals surface area (Å²) in [6, 6.07) is 6.99. The Morgan fingerprint density at radius 3 is 2.80 bits per heavy atom. The van der Waals surface area contributed by atoms with Crippen molar-refractivity contribution in [3.05, 3.63) is 51.8 Å². The minimum Gasteiger partial charge on any atom is -0.319 e. The van der Waals surface area contributed by atoms with Gasteiger partial charge in [0.25, 0.3) is 11.6 Å². The van der Waals surface area contributed by atoms with Gasteiger partial charge in [0, 0.05) is 25.4 Å². The van der Waals surface area contributed by atoms with Crippen molar-refractivity contribution in [2.75, 3.05) is 5.32 Å². The second-order valence-corrected chi connectivity index (χ2v) is 3.89. The zero-order valence-corrected chi connectivity index (χ0v) is 10.4. The summed E-state index contributed by atoms with van der Waals surface area (Å²) in [7, 11) is 1.61. The fourth-order valence-electron chi connectivity index (χ4n) is 1.63. The number of aryl methyl sites for hydroxylation is 1. The van der Waals surface area contributed by atoms with Gasteiger partial charge in [0.2, 0.25) is 0 Å². The molecule has 1 aromatic heterocycles. The Morgan fingerprint density at radius 1 is 1.50 bits per heavy atom. The van der Waals surface area contributed by atoms with Crippen molar-refractivity contribution in [3.63, 3.8) is 0 Å². The largest absolute Gasteiger partial charge is 0.319 e. The number of non-ortho nitro benzene ring substituents is 1. The van der Waals surface area contributed by atoms with E-state index < -0.39 is 10.8 Å². The van der Waals surface area contributed by atoms with E-state index >= 15 is 0 Å². The van der Waals surface area contributed by atoms with Gasteiger partial charge >= 0.3 is 0 Å². The molecule has 0 bridgehead atoms. The van der Waals surface area contributed by atoms with Crippen LogP contribution in [0.3, 0.4) is 0 Å². The normalized spacial score (nSPS) is 9.80. The number of nitro benzene ring substituents is 1. The SMILES string of the molecule is Cn1nccc1C(=O)Nc1ccc([N+](=O)[O-])cc1C#N. The lowest BCUT2D eigenvalue weighted by Gasteiger charge is -2.06. The topological polar surface area (TPSA) is 114 Å². The molecule has 0 fully saturated rings. The molecule has 8 nitrogen and oxygen atoms in total. The summed E-state index contributed by atoms with van der Waals surface area (Å²) in [5, 5.41) is 26.0. The predicted octanol–water partition coefficient (Wildman–Crippen LogP) is 1.45. The van der Waals surface area contributed by atoms with E-state index in [1.165, 1.54) is 29.1 Å². The number of carbonyl (C=O) groups is 1. The van der Waals surface area contributed by atoms with E-state index in [0.29, 0.717) is 5.69 Å². The van der Waals surface area contributed by atoms with Crippen molar-refractivity contribution in [2.24, 2.45) is 7.05 Å². The van der Waals surface area contributed by atoms with Crippen LogP contribution in [-0.4, -0.2) is 20.6 Å². The fourth-order valence-corrected chi connectivity index (χ4v) is 1.63. The minimum absolute atomic E-state index is 0.0229. The number of nitrogens with zero attached hydrogens (tertiary/aromatic N) is 4. The third-order valence-electron chi connectivity index (χ3n) is 2.64. The molecule has 2 rings (SSSR count). The van der Waals surface area contributed by atoms with E-state index in [2.05, 4.69) is 10.4 Å². The van der Waals surface area contributed by atoms with Gasteiger partial charge in [-0.15, -0.1) is 0 Å². The Balaban J connectivity index is 2.31. The summed E-state index contributed by atoms with van der Waals surface area (Å²) in [6.45, 7) is 0. The number of hydrogen-bond donors (Lipinski definition) is 1. The summed E-state index contributed by atoms with van der Waals surface area (Å²) in [6.07, 6.45) is 1.47. The number of anilines is 1. The highest BCUT2D eigenvalue weighted by Gasteiger charge is 2.15. The molecule has 1 heterocycles. The van der Waals surface area contributed by atoms with Crippen LogP contribution < -0.4 is 5.32 Å². The number of nitrogens with one attached hydrogen (secondary N) is 1. The van der Waals surface area contributed by atoms with E-state index in [1.54, 1.807) is 7.05 Å². The average Bonchev–Trinajstić information content (AvgIpc) is 2.85. The summed E-state index contributed by atoms with van der Waals surface area (Å²) in [4.78, 5) is 22.0. The van der Waals surface area contributed by atoms with Gasteiger partial charge in [0.05, 0.1) is 16.2 Å². The zero-order chi connectivity index (χ0) is 14.7. The second kappa shape index (κ2) is 5.19. The number of nitro groups is 1. The van der Waals surface area contributed by atoms with Crippen LogP contribution in [0.4, 0.5) is 11.4 Å². The fraction of sp³-hybridized carbons (Fsp3) is 0.0833. The second-order valence-electron chi connectivity index (χ2n) is 3.89. The average molecular weight is 271 g/mol. The van der Waals surface area contributed by atoms with Crippen LogP contribution in [0.1, 0.15) is 16.1 Å². The molecular weight excluding hydrogens is 262 g/mol. The lowest BCUT2D eigenvalue weighted by Crippen LogP contribution is -2.16. The van der Waals surface area contributed by atoms with Gasteiger partial charge < -0.3 is 5.32 Å². The zero-order valence-electron chi connectivity index (χ0n) is 10.4. The molecule has 0 aliphatic heterocycles. The monoisotopic (exact) mass is 271 g/mol. The van der Waals surface area contributed by atoms with E-state index in [0.717, 1.165) is 6.07 Å². The Hall–Kier alpha value is -3.21. The third-order valence-corrected chi connectivity index (χ3v) is 2.64. The molecule has 0 spiro atoms. The van der Waals surface area contributed by atoms with Gasteiger partial charge in [-0.1, -0.05) is 0 Å². The summed E-state index contributed by atoms with van der Waals surface area (Å²) in [5.41, 5.74) is 0.339. The number of hydrogen-bond acceptors (Lipinski definition) is 5. The highest BCUT2D eigenvalue weighted by Crippen LogP contribution is 2.21. The first-order valence-electron chi connectivity index (χ1n) is 5.51. The van der Waals surface area contributed by atoms with Gasteiger partial charge in [0.1, 0.15) is 11.8 Å². The molecule has 0 atom stereocenters. The van der Waals surface area contributed by atoms with Crippen molar-refractivity contribution in [1.29, 1.82) is 5.26 Å². The van der Waals surface area contributed by atoms with E-state index in [4.69, 9.17) is 5.26 Å². The van der Waals surface area contributed by atoms with Crippen molar-refractivity contribution >= 4 is 17.3 Å². The minimum atomic E-state index is -0.604. The Labute approximate surface area is 113 Å². The third kappa shape index (κ3) is 2.46. The molecular formula is C12H9N5O3. The maximum atomic E-state index is 12.0. The number of amides is 1. The van der Waals surface area contributed by atoms with Gasteiger partial charge in [-0.25, -0.2) is 0 Å². The van der Waals surface area contributed by atoms with Crippen molar-refractivity contribution in [3.8, 4) is 6.07 Å². The smallest absolute Gasteiger partial charge is 0.273 e. The molecule has 0 saturated carbocycles. The number of aromatic nitrogens is 2. The predicted molar refractivity (Wildman–Crippen MR) is 69.0 cm³/mol. The molecule has 2 aromatic rings. The van der Waals surface area contributed by atoms with Gasteiger partial charge in [-0.2, -0.15) is 10.4 Å². The van der Waals surface area contributed by atoms with E-state index in [1.807, 2.05) is 6.07 Å². The molecule has 20 heavy (non-hydrogen) atoms. The molecule has 1 amide bonds. The number of nitriles is 1. The van der Waals surface area contributed by atoms with Gasteiger partial charge in [-0.05, 0) is 12.1 Å². The molecule has 1 aromatic carbocycles. The van der Waals surface area contributed by atoms with Crippen LogP contribution in [0.25, 0.3) is 0 Å². The molecule has 0 unspecified atom stereocenters. The Morgan fingerprint density at radius 2 is 2.25 bits per heavy atom. The molecule has 8 heteroatoms.